The predicted octanol–water partition coefficient (Wildman–Crippen LogP) is 3.18. The van der Waals surface area contributed by atoms with Crippen molar-refractivity contribution in [2.75, 3.05) is 12.3 Å². The first-order chi connectivity index (χ1) is 7.81. The highest BCUT2D eigenvalue weighted by Crippen LogP contribution is 2.34. The topological polar surface area (TPSA) is 48.1 Å². The highest BCUT2D eigenvalue weighted by atomic mass is 32.1. The normalized spacial score (nSPS) is 10.3. The fraction of sp³-hybridized carbons (Fsp3) is 0.250. The molecule has 2 aromatic rings. The van der Waals surface area contributed by atoms with E-state index in [1.807, 2.05) is 24.3 Å². The van der Waals surface area contributed by atoms with E-state index in [9.17, 15) is 0 Å². The van der Waals surface area contributed by atoms with Crippen molar-refractivity contribution in [3.63, 3.8) is 0 Å². The smallest absolute Gasteiger partial charge is 0.180 e. The lowest BCUT2D eigenvalue weighted by Gasteiger charge is -2.08. The lowest BCUT2D eigenvalue weighted by Crippen LogP contribution is -1.96. The molecule has 0 saturated heterocycles. The van der Waals surface area contributed by atoms with Gasteiger partial charge in [-0.25, -0.2) is 4.98 Å². The zero-order chi connectivity index (χ0) is 11.4. The number of para-hydroxylation sites is 1. The minimum absolute atomic E-state index is 0.584. The van der Waals surface area contributed by atoms with Crippen LogP contribution < -0.4 is 10.5 Å². The van der Waals surface area contributed by atoms with E-state index in [1.54, 1.807) is 6.20 Å². The van der Waals surface area contributed by atoms with E-state index in [1.165, 1.54) is 11.3 Å². The molecule has 0 bridgehead atoms. The molecule has 84 valence electrons. The Morgan fingerprint density at radius 3 is 2.88 bits per heavy atom. The summed E-state index contributed by atoms with van der Waals surface area (Å²) in [5, 5.41) is 0.584. The molecule has 1 aromatic heterocycles. The molecule has 0 unspecified atom stereocenters. The van der Waals surface area contributed by atoms with Gasteiger partial charge in [-0.3, -0.25) is 0 Å². The number of ether oxygens (including phenoxy) is 1. The zero-order valence-electron chi connectivity index (χ0n) is 9.14. The fourth-order valence-electron chi connectivity index (χ4n) is 1.42. The molecule has 2 rings (SSSR count). The molecule has 0 radical (unpaired) electrons. The Bertz CT molecular complexity index is 468. The summed E-state index contributed by atoms with van der Waals surface area (Å²) in [5.74, 6) is 0.896. The van der Waals surface area contributed by atoms with E-state index in [0.29, 0.717) is 5.13 Å². The summed E-state index contributed by atoms with van der Waals surface area (Å²) < 4.78 is 5.69. The number of thiazole rings is 1. The predicted molar refractivity (Wildman–Crippen MR) is 67.7 cm³/mol. The number of aromatic nitrogens is 1. The van der Waals surface area contributed by atoms with Crippen molar-refractivity contribution in [2.24, 2.45) is 0 Å². The number of nitrogens with two attached hydrogens (primary N) is 1. The number of anilines is 1. The van der Waals surface area contributed by atoms with E-state index in [0.717, 1.165) is 29.2 Å². The van der Waals surface area contributed by atoms with Crippen LogP contribution in [0.4, 0.5) is 5.13 Å². The number of hydrogen-bond acceptors (Lipinski definition) is 4. The van der Waals surface area contributed by atoms with Gasteiger partial charge in [0, 0.05) is 11.8 Å². The maximum Gasteiger partial charge on any atom is 0.180 e. The molecule has 0 spiro atoms. The molecule has 0 fully saturated rings. The van der Waals surface area contributed by atoms with E-state index < -0.39 is 0 Å². The van der Waals surface area contributed by atoms with Crippen molar-refractivity contribution >= 4 is 16.5 Å². The minimum atomic E-state index is 0.584. The Balaban J connectivity index is 2.32. The Labute approximate surface area is 98.9 Å². The van der Waals surface area contributed by atoms with Gasteiger partial charge in [-0.2, -0.15) is 0 Å². The van der Waals surface area contributed by atoms with Gasteiger partial charge in [0.2, 0.25) is 0 Å². The number of nitrogens with zero attached hydrogens (tertiary/aromatic N) is 1. The van der Waals surface area contributed by atoms with E-state index >= 15 is 0 Å². The summed E-state index contributed by atoms with van der Waals surface area (Å²) in [6, 6.07) is 7.96. The van der Waals surface area contributed by atoms with Gasteiger partial charge in [0.15, 0.2) is 5.13 Å². The molecule has 0 aliphatic carbocycles. The molecular weight excluding hydrogens is 220 g/mol. The van der Waals surface area contributed by atoms with Crippen LogP contribution in [0.25, 0.3) is 10.4 Å². The first-order valence-electron chi connectivity index (χ1n) is 5.24. The van der Waals surface area contributed by atoms with Gasteiger partial charge in [0.1, 0.15) is 5.75 Å². The van der Waals surface area contributed by atoms with Crippen molar-refractivity contribution in [3.8, 4) is 16.2 Å². The maximum absolute atomic E-state index is 5.69. The van der Waals surface area contributed by atoms with Gasteiger partial charge in [-0.05, 0) is 18.6 Å². The van der Waals surface area contributed by atoms with Crippen molar-refractivity contribution in [3.05, 3.63) is 30.5 Å². The standard InChI is InChI=1S/C12H14N2OS/c1-2-7-15-10-6-4-3-5-9(10)11-8-14-12(13)16-11/h3-6,8H,2,7H2,1H3,(H2,13,14). The largest absolute Gasteiger partial charge is 0.493 e. The van der Waals surface area contributed by atoms with Gasteiger partial charge >= 0.3 is 0 Å². The average Bonchev–Trinajstić information content (AvgIpc) is 2.73. The van der Waals surface area contributed by atoms with Crippen LogP contribution in [0.5, 0.6) is 5.75 Å². The molecular formula is C12H14N2OS. The van der Waals surface area contributed by atoms with Crippen LogP contribution in [0.2, 0.25) is 0 Å². The molecule has 16 heavy (non-hydrogen) atoms. The van der Waals surface area contributed by atoms with Crippen molar-refractivity contribution in [1.29, 1.82) is 0 Å². The third-order valence-corrected chi connectivity index (χ3v) is 3.00. The van der Waals surface area contributed by atoms with Crippen LogP contribution in [-0.4, -0.2) is 11.6 Å². The number of rotatable bonds is 4. The Hall–Kier alpha value is -1.55. The van der Waals surface area contributed by atoms with Crippen LogP contribution >= 0.6 is 11.3 Å². The molecule has 0 atom stereocenters. The Kier molecular flexibility index (Phi) is 3.41. The Morgan fingerprint density at radius 2 is 2.19 bits per heavy atom. The minimum Gasteiger partial charge on any atom is -0.493 e. The maximum atomic E-state index is 5.69. The van der Waals surface area contributed by atoms with Gasteiger partial charge in [0.05, 0.1) is 11.5 Å². The number of nitrogen functional groups attached to an aromatic ring is 1. The highest BCUT2D eigenvalue weighted by Gasteiger charge is 2.08. The van der Waals surface area contributed by atoms with Gasteiger partial charge in [-0.15, -0.1) is 0 Å². The summed E-state index contributed by atoms with van der Waals surface area (Å²) in [6.07, 6.45) is 2.79. The highest BCUT2D eigenvalue weighted by molar-refractivity contribution is 7.18. The molecule has 2 N–H and O–H groups in total. The van der Waals surface area contributed by atoms with Crippen LogP contribution in [0.3, 0.4) is 0 Å². The summed E-state index contributed by atoms with van der Waals surface area (Å²) in [4.78, 5) is 5.10. The average molecular weight is 234 g/mol. The van der Waals surface area contributed by atoms with Crippen LogP contribution in [0.15, 0.2) is 30.5 Å². The van der Waals surface area contributed by atoms with E-state index in [2.05, 4.69) is 11.9 Å². The molecule has 1 heterocycles. The lowest BCUT2D eigenvalue weighted by molar-refractivity contribution is 0.319. The van der Waals surface area contributed by atoms with E-state index in [4.69, 9.17) is 10.5 Å². The van der Waals surface area contributed by atoms with Crippen LogP contribution in [-0.2, 0) is 0 Å². The molecule has 0 aliphatic rings. The van der Waals surface area contributed by atoms with E-state index in [-0.39, 0.29) is 0 Å². The second-order valence-corrected chi connectivity index (χ2v) is 4.47. The van der Waals surface area contributed by atoms with Gasteiger partial charge < -0.3 is 10.5 Å². The second-order valence-electron chi connectivity index (χ2n) is 3.41. The van der Waals surface area contributed by atoms with Gasteiger partial charge in [-0.1, -0.05) is 30.4 Å². The molecule has 1 aromatic carbocycles. The number of benzene rings is 1. The molecule has 4 heteroatoms. The summed E-state index contributed by atoms with van der Waals surface area (Å²) in [6.45, 7) is 2.82. The molecule has 0 amide bonds. The summed E-state index contributed by atoms with van der Waals surface area (Å²) >= 11 is 1.48. The third-order valence-electron chi connectivity index (χ3n) is 2.14. The molecule has 0 saturated carbocycles. The number of hydrogen-bond donors (Lipinski definition) is 1. The monoisotopic (exact) mass is 234 g/mol. The molecule has 0 aliphatic heterocycles. The summed E-state index contributed by atoms with van der Waals surface area (Å²) in [7, 11) is 0. The van der Waals surface area contributed by atoms with Crippen LogP contribution in [0, 0.1) is 0 Å². The first-order valence-corrected chi connectivity index (χ1v) is 6.06. The van der Waals surface area contributed by atoms with Crippen molar-refractivity contribution in [1.82, 2.24) is 4.98 Å². The van der Waals surface area contributed by atoms with Crippen molar-refractivity contribution in [2.45, 2.75) is 13.3 Å². The SMILES string of the molecule is CCCOc1ccccc1-c1cnc(N)s1. The van der Waals surface area contributed by atoms with Gasteiger partial charge in [0.25, 0.3) is 0 Å². The lowest BCUT2D eigenvalue weighted by atomic mass is 10.2. The third kappa shape index (κ3) is 2.33. The first kappa shape index (κ1) is 11.0. The second kappa shape index (κ2) is 4.99. The summed E-state index contributed by atoms with van der Waals surface area (Å²) in [5.41, 5.74) is 6.69. The zero-order valence-corrected chi connectivity index (χ0v) is 9.96. The van der Waals surface area contributed by atoms with Crippen LogP contribution in [0.1, 0.15) is 13.3 Å². The quantitative estimate of drug-likeness (QED) is 0.883. The van der Waals surface area contributed by atoms with Crippen molar-refractivity contribution < 1.29 is 4.74 Å². The molecule has 3 nitrogen and oxygen atoms in total. The Morgan fingerprint density at radius 1 is 1.38 bits per heavy atom. The fourth-order valence-corrected chi connectivity index (χ4v) is 2.13.